The highest BCUT2D eigenvalue weighted by molar-refractivity contribution is 5.71. The van der Waals surface area contributed by atoms with E-state index in [4.69, 9.17) is 4.74 Å². The third kappa shape index (κ3) is 1.74. The second-order valence-electron chi connectivity index (χ2n) is 3.45. The summed E-state index contributed by atoms with van der Waals surface area (Å²) in [4.78, 5) is 7.41. The standard InChI is InChI=1S/C12H14N2O2/c1-3-8-7-13-12(14-8)11-9(15)5-4-6-10(11)16-2/h4-7,15H,3H2,1-2H3,(H,13,14). The SMILES string of the molecule is CCc1c[nH]c(-c2c(O)cccc2OC)n1. The number of hydrogen-bond donors (Lipinski definition) is 2. The Bertz CT molecular complexity index is 492. The lowest BCUT2D eigenvalue weighted by molar-refractivity contribution is 0.410. The van der Waals surface area contributed by atoms with E-state index >= 15 is 0 Å². The second kappa shape index (κ2) is 4.26. The molecule has 0 saturated heterocycles. The van der Waals surface area contributed by atoms with Gasteiger partial charge < -0.3 is 14.8 Å². The fourth-order valence-electron chi connectivity index (χ4n) is 1.60. The molecule has 0 spiro atoms. The molecule has 0 atom stereocenters. The van der Waals surface area contributed by atoms with Crippen molar-refractivity contribution < 1.29 is 9.84 Å². The van der Waals surface area contributed by atoms with Gasteiger partial charge in [-0.15, -0.1) is 0 Å². The molecule has 4 heteroatoms. The number of nitrogens with zero attached hydrogens (tertiary/aromatic N) is 1. The molecule has 16 heavy (non-hydrogen) atoms. The third-order valence-corrected chi connectivity index (χ3v) is 2.45. The minimum Gasteiger partial charge on any atom is -0.507 e. The zero-order valence-corrected chi connectivity index (χ0v) is 9.32. The van der Waals surface area contributed by atoms with Gasteiger partial charge in [-0.25, -0.2) is 4.98 Å². The Morgan fingerprint density at radius 1 is 1.44 bits per heavy atom. The van der Waals surface area contributed by atoms with Crippen LogP contribution in [-0.4, -0.2) is 22.2 Å². The minimum absolute atomic E-state index is 0.163. The van der Waals surface area contributed by atoms with Crippen LogP contribution in [-0.2, 0) is 6.42 Å². The topological polar surface area (TPSA) is 58.1 Å². The van der Waals surface area contributed by atoms with Gasteiger partial charge in [0.15, 0.2) is 0 Å². The summed E-state index contributed by atoms with van der Waals surface area (Å²) in [6.07, 6.45) is 2.69. The van der Waals surface area contributed by atoms with Gasteiger partial charge in [0.2, 0.25) is 0 Å². The second-order valence-corrected chi connectivity index (χ2v) is 3.45. The number of hydrogen-bond acceptors (Lipinski definition) is 3. The van der Waals surface area contributed by atoms with E-state index in [0.29, 0.717) is 17.1 Å². The van der Waals surface area contributed by atoms with Crippen molar-refractivity contribution in [2.45, 2.75) is 13.3 Å². The molecular formula is C12H14N2O2. The van der Waals surface area contributed by atoms with Gasteiger partial charge >= 0.3 is 0 Å². The fourth-order valence-corrected chi connectivity index (χ4v) is 1.60. The lowest BCUT2D eigenvalue weighted by Crippen LogP contribution is -1.90. The first-order valence-corrected chi connectivity index (χ1v) is 5.17. The molecule has 84 valence electrons. The van der Waals surface area contributed by atoms with E-state index < -0.39 is 0 Å². The molecule has 0 aliphatic rings. The Morgan fingerprint density at radius 2 is 2.25 bits per heavy atom. The molecule has 0 aliphatic carbocycles. The van der Waals surface area contributed by atoms with Crippen LogP contribution in [0.5, 0.6) is 11.5 Å². The Hall–Kier alpha value is -1.97. The van der Waals surface area contributed by atoms with E-state index in [9.17, 15) is 5.11 Å². The molecule has 0 radical (unpaired) electrons. The molecule has 2 N–H and O–H groups in total. The molecule has 2 rings (SSSR count). The zero-order valence-electron chi connectivity index (χ0n) is 9.32. The van der Waals surface area contributed by atoms with E-state index in [0.717, 1.165) is 12.1 Å². The van der Waals surface area contributed by atoms with Crippen molar-refractivity contribution in [3.05, 3.63) is 30.1 Å². The van der Waals surface area contributed by atoms with Gasteiger partial charge in [-0.05, 0) is 18.6 Å². The van der Waals surface area contributed by atoms with Crippen LogP contribution < -0.4 is 4.74 Å². The van der Waals surface area contributed by atoms with Gasteiger partial charge in [0.25, 0.3) is 0 Å². The zero-order chi connectivity index (χ0) is 11.5. The number of aromatic nitrogens is 2. The number of ether oxygens (including phenoxy) is 1. The van der Waals surface area contributed by atoms with E-state index in [1.807, 2.05) is 13.1 Å². The molecule has 4 nitrogen and oxygen atoms in total. The van der Waals surface area contributed by atoms with E-state index in [2.05, 4.69) is 9.97 Å². The number of aryl methyl sites for hydroxylation is 1. The van der Waals surface area contributed by atoms with Crippen molar-refractivity contribution >= 4 is 0 Å². The molecule has 0 aliphatic heterocycles. The number of benzene rings is 1. The van der Waals surface area contributed by atoms with Gasteiger partial charge in [0.1, 0.15) is 22.9 Å². The summed E-state index contributed by atoms with van der Waals surface area (Å²) in [6.45, 7) is 2.03. The highest BCUT2D eigenvalue weighted by Gasteiger charge is 2.13. The first-order chi connectivity index (χ1) is 7.76. The smallest absolute Gasteiger partial charge is 0.145 e. The van der Waals surface area contributed by atoms with Crippen molar-refractivity contribution in [2.24, 2.45) is 0 Å². The number of H-pyrrole nitrogens is 1. The van der Waals surface area contributed by atoms with Crippen LogP contribution in [0, 0.1) is 0 Å². The third-order valence-electron chi connectivity index (χ3n) is 2.45. The number of rotatable bonds is 3. The summed E-state index contributed by atoms with van der Waals surface area (Å²) in [5.74, 6) is 1.40. The Kier molecular flexibility index (Phi) is 2.81. The molecule has 0 fully saturated rings. The van der Waals surface area contributed by atoms with Crippen LogP contribution in [0.1, 0.15) is 12.6 Å². The van der Waals surface area contributed by atoms with E-state index in [1.165, 1.54) is 0 Å². The first kappa shape index (κ1) is 10.5. The Labute approximate surface area is 93.9 Å². The fraction of sp³-hybridized carbons (Fsp3) is 0.250. The van der Waals surface area contributed by atoms with Gasteiger partial charge in [0.05, 0.1) is 12.8 Å². The van der Waals surface area contributed by atoms with Gasteiger partial charge in [0, 0.05) is 6.20 Å². The maximum Gasteiger partial charge on any atom is 0.145 e. The average Bonchev–Trinajstić information content (AvgIpc) is 2.76. The van der Waals surface area contributed by atoms with Crippen molar-refractivity contribution in [3.63, 3.8) is 0 Å². The van der Waals surface area contributed by atoms with Crippen LogP contribution in [0.15, 0.2) is 24.4 Å². The normalized spacial score (nSPS) is 10.4. The van der Waals surface area contributed by atoms with Crippen molar-refractivity contribution in [1.29, 1.82) is 0 Å². The van der Waals surface area contributed by atoms with Crippen LogP contribution >= 0.6 is 0 Å². The highest BCUT2D eigenvalue weighted by atomic mass is 16.5. The number of methoxy groups -OCH3 is 1. The van der Waals surface area contributed by atoms with Crippen LogP contribution in [0.2, 0.25) is 0 Å². The molecule has 1 heterocycles. The van der Waals surface area contributed by atoms with Gasteiger partial charge in [-0.3, -0.25) is 0 Å². The molecule has 1 aromatic carbocycles. The van der Waals surface area contributed by atoms with E-state index in [-0.39, 0.29) is 5.75 Å². The quantitative estimate of drug-likeness (QED) is 0.831. The predicted octanol–water partition coefficient (Wildman–Crippen LogP) is 2.35. The lowest BCUT2D eigenvalue weighted by atomic mass is 10.1. The summed E-state index contributed by atoms with van der Waals surface area (Å²) in [5, 5.41) is 9.82. The lowest BCUT2D eigenvalue weighted by Gasteiger charge is -2.07. The summed E-state index contributed by atoms with van der Waals surface area (Å²) >= 11 is 0. The maximum absolute atomic E-state index is 9.82. The number of aromatic hydroxyl groups is 1. The first-order valence-electron chi connectivity index (χ1n) is 5.17. The van der Waals surface area contributed by atoms with Crippen molar-refractivity contribution in [2.75, 3.05) is 7.11 Å². The Balaban J connectivity index is 2.53. The molecule has 0 bridgehead atoms. The molecule has 0 amide bonds. The number of nitrogens with one attached hydrogen (secondary N) is 1. The van der Waals surface area contributed by atoms with Crippen LogP contribution in [0.25, 0.3) is 11.4 Å². The summed E-state index contributed by atoms with van der Waals surface area (Å²) in [5.41, 5.74) is 1.56. The monoisotopic (exact) mass is 218 g/mol. The van der Waals surface area contributed by atoms with Crippen molar-refractivity contribution in [1.82, 2.24) is 9.97 Å². The van der Waals surface area contributed by atoms with Crippen molar-refractivity contribution in [3.8, 4) is 22.9 Å². The number of phenols is 1. The van der Waals surface area contributed by atoms with Gasteiger partial charge in [-0.2, -0.15) is 0 Å². The molecule has 0 unspecified atom stereocenters. The average molecular weight is 218 g/mol. The number of phenolic OH excluding ortho intramolecular Hbond substituents is 1. The van der Waals surface area contributed by atoms with Gasteiger partial charge in [-0.1, -0.05) is 13.0 Å². The minimum atomic E-state index is 0.163. The summed E-state index contributed by atoms with van der Waals surface area (Å²) in [7, 11) is 1.57. The number of imidazole rings is 1. The molecule has 1 aromatic heterocycles. The molecule has 0 saturated carbocycles. The summed E-state index contributed by atoms with van der Waals surface area (Å²) < 4.78 is 5.20. The van der Waals surface area contributed by atoms with E-state index in [1.54, 1.807) is 25.3 Å². The Morgan fingerprint density at radius 3 is 2.88 bits per heavy atom. The predicted molar refractivity (Wildman–Crippen MR) is 61.6 cm³/mol. The number of aromatic amines is 1. The maximum atomic E-state index is 9.82. The van der Waals surface area contributed by atoms with Crippen LogP contribution in [0.4, 0.5) is 0 Å². The molecule has 2 aromatic rings. The summed E-state index contributed by atoms with van der Waals surface area (Å²) in [6, 6.07) is 5.15. The van der Waals surface area contributed by atoms with Crippen LogP contribution in [0.3, 0.4) is 0 Å². The highest BCUT2D eigenvalue weighted by Crippen LogP contribution is 2.35. The largest absolute Gasteiger partial charge is 0.507 e. The molecular weight excluding hydrogens is 204 g/mol.